The number of hydrogen-bond donors (Lipinski definition) is 0. The SMILES string of the molecule is Cc1onc(C(C)C)c1C(=O)N1CCC[C@H](c2cnccn2)C1. The molecule has 0 spiro atoms. The van der Waals surface area contributed by atoms with E-state index in [0.29, 0.717) is 17.9 Å². The molecular formula is C17H22N4O2. The molecule has 2 aromatic rings. The van der Waals surface area contributed by atoms with Gasteiger partial charge in [0.05, 0.1) is 11.4 Å². The lowest BCUT2D eigenvalue weighted by Gasteiger charge is -2.32. The van der Waals surface area contributed by atoms with E-state index in [2.05, 4.69) is 15.1 Å². The van der Waals surface area contributed by atoms with Crippen molar-refractivity contribution in [3.05, 3.63) is 41.3 Å². The average molecular weight is 314 g/mol. The van der Waals surface area contributed by atoms with Crippen LogP contribution in [0.3, 0.4) is 0 Å². The van der Waals surface area contributed by atoms with Crippen LogP contribution in [0, 0.1) is 6.92 Å². The number of amides is 1. The first kappa shape index (κ1) is 15.6. The largest absolute Gasteiger partial charge is 0.361 e. The summed E-state index contributed by atoms with van der Waals surface area (Å²) < 4.78 is 5.26. The highest BCUT2D eigenvalue weighted by molar-refractivity contribution is 5.96. The maximum absolute atomic E-state index is 13.0. The Hall–Kier alpha value is -2.24. The number of aryl methyl sites for hydroxylation is 1. The van der Waals surface area contributed by atoms with Crippen molar-refractivity contribution in [1.82, 2.24) is 20.0 Å². The van der Waals surface area contributed by atoms with Crippen LogP contribution in [0.25, 0.3) is 0 Å². The summed E-state index contributed by atoms with van der Waals surface area (Å²) in [6.45, 7) is 7.27. The van der Waals surface area contributed by atoms with E-state index in [4.69, 9.17) is 4.52 Å². The standard InChI is InChI=1S/C17H22N4O2/c1-11(2)16-15(12(3)23-20-16)17(22)21-8-4-5-13(10-21)14-9-18-6-7-19-14/h6-7,9,11,13H,4-5,8,10H2,1-3H3/t13-/m0/s1. The molecule has 0 unspecified atom stereocenters. The van der Waals surface area contributed by atoms with Gasteiger partial charge >= 0.3 is 0 Å². The Kier molecular flexibility index (Phi) is 4.41. The Morgan fingerprint density at radius 2 is 2.22 bits per heavy atom. The Morgan fingerprint density at radius 1 is 1.39 bits per heavy atom. The highest BCUT2D eigenvalue weighted by atomic mass is 16.5. The summed E-state index contributed by atoms with van der Waals surface area (Å²) in [5.41, 5.74) is 2.32. The molecule has 23 heavy (non-hydrogen) atoms. The summed E-state index contributed by atoms with van der Waals surface area (Å²) in [5.74, 6) is 1.01. The lowest BCUT2D eigenvalue weighted by atomic mass is 9.94. The summed E-state index contributed by atoms with van der Waals surface area (Å²) in [6.07, 6.45) is 7.17. The van der Waals surface area contributed by atoms with Gasteiger partial charge in [-0.3, -0.25) is 14.8 Å². The van der Waals surface area contributed by atoms with E-state index >= 15 is 0 Å². The molecule has 0 aliphatic carbocycles. The minimum Gasteiger partial charge on any atom is -0.361 e. The van der Waals surface area contributed by atoms with Crippen molar-refractivity contribution in [2.24, 2.45) is 0 Å². The predicted molar refractivity (Wildman–Crippen MR) is 85.2 cm³/mol. The fraction of sp³-hybridized carbons (Fsp3) is 0.529. The van der Waals surface area contributed by atoms with Crippen LogP contribution in [-0.2, 0) is 0 Å². The monoisotopic (exact) mass is 314 g/mol. The number of piperidine rings is 1. The van der Waals surface area contributed by atoms with Gasteiger partial charge in [0.15, 0.2) is 0 Å². The zero-order valence-corrected chi connectivity index (χ0v) is 13.8. The highest BCUT2D eigenvalue weighted by Gasteiger charge is 2.31. The number of hydrogen-bond acceptors (Lipinski definition) is 5. The smallest absolute Gasteiger partial charge is 0.259 e. The van der Waals surface area contributed by atoms with E-state index in [1.165, 1.54) is 0 Å². The van der Waals surface area contributed by atoms with Crippen LogP contribution < -0.4 is 0 Å². The van der Waals surface area contributed by atoms with Gasteiger partial charge in [-0.05, 0) is 25.7 Å². The first-order valence-electron chi connectivity index (χ1n) is 8.09. The molecule has 0 aromatic carbocycles. The molecule has 0 N–H and O–H groups in total. The van der Waals surface area contributed by atoms with Gasteiger partial charge in [0, 0.05) is 37.6 Å². The number of carbonyl (C=O) groups is 1. The molecule has 0 saturated carbocycles. The quantitative estimate of drug-likeness (QED) is 0.871. The normalized spacial score (nSPS) is 18.4. The van der Waals surface area contributed by atoms with Crippen molar-refractivity contribution >= 4 is 5.91 Å². The lowest BCUT2D eigenvalue weighted by molar-refractivity contribution is 0.0702. The molecule has 6 heteroatoms. The van der Waals surface area contributed by atoms with Crippen molar-refractivity contribution in [3.63, 3.8) is 0 Å². The van der Waals surface area contributed by atoms with E-state index in [-0.39, 0.29) is 17.7 Å². The zero-order valence-electron chi connectivity index (χ0n) is 13.8. The number of aromatic nitrogens is 3. The molecule has 1 amide bonds. The zero-order chi connectivity index (χ0) is 16.4. The number of rotatable bonds is 3. The number of likely N-dealkylation sites (tertiary alicyclic amines) is 1. The summed E-state index contributed by atoms with van der Waals surface area (Å²) in [5, 5.41) is 4.06. The van der Waals surface area contributed by atoms with Crippen molar-refractivity contribution < 1.29 is 9.32 Å². The topological polar surface area (TPSA) is 72.1 Å². The Morgan fingerprint density at radius 3 is 2.91 bits per heavy atom. The van der Waals surface area contributed by atoms with Crippen LogP contribution in [0.2, 0.25) is 0 Å². The van der Waals surface area contributed by atoms with Crippen LogP contribution in [0.15, 0.2) is 23.1 Å². The summed E-state index contributed by atoms with van der Waals surface area (Å²) >= 11 is 0. The molecule has 122 valence electrons. The third-order valence-electron chi connectivity index (χ3n) is 4.36. The Bertz CT molecular complexity index is 681. The summed E-state index contributed by atoms with van der Waals surface area (Å²) in [7, 11) is 0. The second kappa shape index (κ2) is 6.48. The molecule has 3 rings (SSSR count). The number of carbonyl (C=O) groups excluding carboxylic acids is 1. The minimum atomic E-state index is 0.0149. The molecule has 1 atom stereocenters. The van der Waals surface area contributed by atoms with Gasteiger partial charge in [-0.1, -0.05) is 19.0 Å². The van der Waals surface area contributed by atoms with Gasteiger partial charge < -0.3 is 9.42 Å². The van der Waals surface area contributed by atoms with E-state index in [1.807, 2.05) is 18.7 Å². The van der Waals surface area contributed by atoms with Gasteiger partial charge in [-0.25, -0.2) is 0 Å². The molecule has 0 bridgehead atoms. The van der Waals surface area contributed by atoms with Gasteiger partial charge in [-0.15, -0.1) is 0 Å². The van der Waals surface area contributed by atoms with Gasteiger partial charge in [0.2, 0.25) is 0 Å². The molecule has 1 aliphatic rings. The van der Waals surface area contributed by atoms with Gasteiger partial charge in [-0.2, -0.15) is 0 Å². The molecule has 3 heterocycles. The van der Waals surface area contributed by atoms with E-state index in [9.17, 15) is 4.79 Å². The highest BCUT2D eigenvalue weighted by Crippen LogP contribution is 2.28. The second-order valence-electron chi connectivity index (χ2n) is 6.37. The van der Waals surface area contributed by atoms with Crippen LogP contribution in [0.4, 0.5) is 0 Å². The Labute approximate surface area is 135 Å². The molecule has 1 saturated heterocycles. The van der Waals surface area contributed by atoms with E-state index < -0.39 is 0 Å². The van der Waals surface area contributed by atoms with E-state index in [1.54, 1.807) is 25.5 Å². The fourth-order valence-electron chi connectivity index (χ4n) is 3.13. The van der Waals surface area contributed by atoms with Crippen molar-refractivity contribution in [1.29, 1.82) is 0 Å². The van der Waals surface area contributed by atoms with Crippen LogP contribution in [-0.4, -0.2) is 39.0 Å². The summed E-state index contributed by atoms with van der Waals surface area (Å²) in [6, 6.07) is 0. The maximum Gasteiger partial charge on any atom is 0.259 e. The molecule has 6 nitrogen and oxygen atoms in total. The maximum atomic E-state index is 13.0. The third kappa shape index (κ3) is 3.11. The summed E-state index contributed by atoms with van der Waals surface area (Å²) in [4.78, 5) is 23.4. The molecule has 0 radical (unpaired) electrons. The number of nitrogens with zero attached hydrogens (tertiary/aromatic N) is 4. The molecular weight excluding hydrogens is 292 g/mol. The first-order valence-corrected chi connectivity index (χ1v) is 8.09. The molecule has 1 aliphatic heterocycles. The van der Waals surface area contributed by atoms with Crippen LogP contribution >= 0.6 is 0 Å². The predicted octanol–water partition coefficient (Wildman–Crippen LogP) is 2.92. The van der Waals surface area contributed by atoms with Crippen molar-refractivity contribution in [3.8, 4) is 0 Å². The van der Waals surface area contributed by atoms with Crippen LogP contribution in [0.1, 0.15) is 66.0 Å². The van der Waals surface area contributed by atoms with Crippen molar-refractivity contribution in [2.75, 3.05) is 13.1 Å². The average Bonchev–Trinajstić information content (AvgIpc) is 2.97. The van der Waals surface area contributed by atoms with Gasteiger partial charge in [0.1, 0.15) is 11.3 Å². The first-order chi connectivity index (χ1) is 11.1. The lowest BCUT2D eigenvalue weighted by Crippen LogP contribution is -2.39. The third-order valence-corrected chi connectivity index (χ3v) is 4.36. The fourth-order valence-corrected chi connectivity index (χ4v) is 3.13. The Balaban J connectivity index is 1.82. The molecule has 1 fully saturated rings. The minimum absolute atomic E-state index is 0.0149. The molecule has 2 aromatic heterocycles. The van der Waals surface area contributed by atoms with Gasteiger partial charge in [0.25, 0.3) is 5.91 Å². The van der Waals surface area contributed by atoms with Crippen LogP contribution in [0.5, 0.6) is 0 Å². The second-order valence-corrected chi connectivity index (χ2v) is 6.37. The van der Waals surface area contributed by atoms with Crippen molar-refractivity contribution in [2.45, 2.75) is 45.4 Å². The van der Waals surface area contributed by atoms with E-state index in [0.717, 1.165) is 30.8 Å².